The Balaban J connectivity index is 1.60. The van der Waals surface area contributed by atoms with E-state index in [4.69, 9.17) is 22.0 Å². The highest BCUT2D eigenvalue weighted by Crippen LogP contribution is 2.27. The van der Waals surface area contributed by atoms with E-state index in [1.165, 1.54) is 5.69 Å². The molecule has 0 aliphatic carbocycles. The summed E-state index contributed by atoms with van der Waals surface area (Å²) < 4.78 is 0. The van der Waals surface area contributed by atoms with Crippen molar-refractivity contribution in [3.8, 4) is 0 Å². The fourth-order valence-electron chi connectivity index (χ4n) is 3.17. The first-order chi connectivity index (χ1) is 13.1. The summed E-state index contributed by atoms with van der Waals surface area (Å²) in [6.07, 6.45) is 1.68. The van der Waals surface area contributed by atoms with Crippen LogP contribution in [0.25, 0.3) is 0 Å². The Labute approximate surface area is 158 Å². The Hall–Kier alpha value is -3.07. The maximum atomic E-state index is 6.06. The van der Waals surface area contributed by atoms with Crippen molar-refractivity contribution in [2.75, 3.05) is 60.6 Å². The first kappa shape index (κ1) is 18.7. The predicted octanol–water partition coefficient (Wildman–Crippen LogP) is 0.585. The molecule has 0 spiro atoms. The average molecular weight is 370 g/mol. The molecule has 0 bridgehead atoms. The number of anilines is 4. The quantitative estimate of drug-likeness (QED) is 0.382. The molecule has 1 fully saturated rings. The maximum absolute atomic E-state index is 6.06. The van der Waals surface area contributed by atoms with Crippen LogP contribution in [0, 0.1) is 6.92 Å². The Bertz CT molecular complexity index is 761. The van der Waals surface area contributed by atoms with Crippen LogP contribution in [-0.2, 0) is 4.84 Å². The van der Waals surface area contributed by atoms with Crippen molar-refractivity contribution in [2.24, 2.45) is 10.9 Å². The van der Waals surface area contributed by atoms with Crippen LogP contribution in [0.2, 0.25) is 0 Å². The van der Waals surface area contributed by atoms with Crippen molar-refractivity contribution in [3.63, 3.8) is 0 Å². The van der Waals surface area contributed by atoms with Crippen molar-refractivity contribution in [2.45, 2.75) is 6.92 Å². The normalized spacial score (nSPS) is 14.7. The summed E-state index contributed by atoms with van der Waals surface area (Å²) in [7, 11) is 0. The van der Waals surface area contributed by atoms with Crippen molar-refractivity contribution < 1.29 is 4.84 Å². The minimum Gasteiger partial charge on any atom is -0.394 e. The number of hydrogen-bond donors (Lipinski definition) is 3. The Morgan fingerprint density at radius 1 is 1.07 bits per heavy atom. The van der Waals surface area contributed by atoms with Crippen LogP contribution in [0.4, 0.5) is 23.1 Å². The minimum absolute atomic E-state index is 0.212. The molecule has 27 heavy (non-hydrogen) atoms. The number of benzene rings is 1. The maximum Gasteiger partial charge on any atom is 0.222 e. The largest absolute Gasteiger partial charge is 0.394 e. The zero-order valence-electron chi connectivity index (χ0n) is 15.5. The molecule has 2 aromatic rings. The molecular weight excluding hydrogens is 344 g/mol. The monoisotopic (exact) mass is 370 g/mol. The molecule has 0 atom stereocenters. The second kappa shape index (κ2) is 8.54. The molecule has 9 nitrogen and oxygen atoms in total. The second-order valence-corrected chi connectivity index (χ2v) is 6.32. The van der Waals surface area contributed by atoms with E-state index >= 15 is 0 Å². The third kappa shape index (κ3) is 4.56. The summed E-state index contributed by atoms with van der Waals surface area (Å²) in [6.45, 7) is 6.24. The molecule has 0 radical (unpaired) electrons. The molecule has 1 aliphatic heterocycles. The number of oxime groups is 1. The second-order valence-electron chi connectivity index (χ2n) is 6.32. The molecule has 0 unspecified atom stereocenters. The number of aromatic nitrogens is 2. The number of piperazine rings is 1. The van der Waals surface area contributed by atoms with Gasteiger partial charge in [0.05, 0.1) is 11.9 Å². The van der Waals surface area contributed by atoms with Crippen LogP contribution in [0.1, 0.15) is 11.3 Å². The van der Waals surface area contributed by atoms with E-state index in [1.54, 1.807) is 6.21 Å². The lowest BCUT2D eigenvalue weighted by Gasteiger charge is -2.38. The van der Waals surface area contributed by atoms with Gasteiger partial charge < -0.3 is 31.8 Å². The van der Waals surface area contributed by atoms with Gasteiger partial charge in [0, 0.05) is 38.4 Å². The summed E-state index contributed by atoms with van der Waals surface area (Å²) in [6, 6.07) is 8.22. The smallest absolute Gasteiger partial charge is 0.222 e. The number of hydrogen-bond acceptors (Lipinski definition) is 9. The van der Waals surface area contributed by atoms with Gasteiger partial charge >= 0.3 is 0 Å². The third-order valence-electron chi connectivity index (χ3n) is 4.44. The first-order valence-corrected chi connectivity index (χ1v) is 8.93. The van der Waals surface area contributed by atoms with E-state index in [-0.39, 0.29) is 5.95 Å². The Morgan fingerprint density at radius 2 is 1.74 bits per heavy atom. The highest BCUT2D eigenvalue weighted by Gasteiger charge is 2.22. The van der Waals surface area contributed by atoms with E-state index in [2.05, 4.69) is 37.1 Å². The van der Waals surface area contributed by atoms with Crippen molar-refractivity contribution >= 4 is 29.4 Å². The lowest BCUT2D eigenvalue weighted by Crippen LogP contribution is -2.47. The topological polar surface area (TPSA) is 132 Å². The minimum atomic E-state index is 0.212. The van der Waals surface area contributed by atoms with Crippen molar-refractivity contribution in [1.29, 1.82) is 0 Å². The molecule has 1 aromatic carbocycles. The van der Waals surface area contributed by atoms with E-state index in [0.29, 0.717) is 19.0 Å². The molecular formula is C18H26N8O. The molecule has 1 aromatic heterocycles. The first-order valence-electron chi connectivity index (χ1n) is 8.93. The molecule has 6 N–H and O–H groups in total. The van der Waals surface area contributed by atoms with Crippen molar-refractivity contribution in [3.05, 3.63) is 35.5 Å². The molecule has 0 amide bonds. The summed E-state index contributed by atoms with van der Waals surface area (Å²) in [5.41, 5.74) is 20.9. The predicted molar refractivity (Wildman–Crippen MR) is 109 cm³/mol. The van der Waals surface area contributed by atoms with Crippen LogP contribution in [0.15, 0.2) is 29.4 Å². The van der Waals surface area contributed by atoms with Gasteiger partial charge in [0.2, 0.25) is 5.95 Å². The molecule has 1 saturated heterocycles. The summed E-state index contributed by atoms with van der Waals surface area (Å²) in [4.78, 5) is 17.9. The van der Waals surface area contributed by atoms with Gasteiger partial charge in [-0.1, -0.05) is 17.3 Å². The third-order valence-corrected chi connectivity index (χ3v) is 4.44. The van der Waals surface area contributed by atoms with E-state index in [0.717, 1.165) is 43.1 Å². The molecule has 0 saturated carbocycles. The van der Waals surface area contributed by atoms with Gasteiger partial charge in [-0.25, -0.2) is 4.98 Å². The molecule has 144 valence electrons. The SMILES string of the molecule is Cc1nc(N)nc(N)c1N1CCN(c2ccc(C=NOCCN)cc2)CC1. The fourth-order valence-corrected chi connectivity index (χ4v) is 3.17. The van der Waals surface area contributed by atoms with Gasteiger partial charge in [-0.15, -0.1) is 0 Å². The number of nitrogens with zero attached hydrogens (tertiary/aromatic N) is 5. The van der Waals surface area contributed by atoms with Crippen LogP contribution in [0.3, 0.4) is 0 Å². The Kier molecular flexibility index (Phi) is 5.92. The molecule has 1 aliphatic rings. The van der Waals surface area contributed by atoms with Gasteiger partial charge in [0.25, 0.3) is 0 Å². The average Bonchev–Trinajstić information content (AvgIpc) is 2.66. The van der Waals surface area contributed by atoms with Gasteiger partial charge in [0.15, 0.2) is 5.82 Å². The van der Waals surface area contributed by atoms with Gasteiger partial charge in [-0.3, -0.25) is 0 Å². The van der Waals surface area contributed by atoms with Gasteiger partial charge in [-0.2, -0.15) is 4.98 Å². The van der Waals surface area contributed by atoms with Crippen LogP contribution >= 0.6 is 0 Å². The standard InChI is InChI=1S/C18H26N8O/c1-13-16(17(20)24-18(21)23-13)26-9-7-25(8-10-26)15-4-2-14(3-5-15)12-22-27-11-6-19/h2-5,12H,6-11,19H2,1H3,(H4,20,21,23,24). The molecule has 2 heterocycles. The number of aryl methyl sites for hydroxylation is 1. The van der Waals surface area contributed by atoms with Crippen molar-refractivity contribution in [1.82, 2.24) is 9.97 Å². The van der Waals surface area contributed by atoms with E-state index in [1.807, 2.05) is 19.1 Å². The zero-order chi connectivity index (χ0) is 19.2. The van der Waals surface area contributed by atoms with Crippen LogP contribution in [-0.4, -0.2) is 55.5 Å². The van der Waals surface area contributed by atoms with Crippen LogP contribution in [0.5, 0.6) is 0 Å². The lowest BCUT2D eigenvalue weighted by molar-refractivity contribution is 0.154. The lowest BCUT2D eigenvalue weighted by atomic mass is 10.2. The number of nitrogens with two attached hydrogens (primary N) is 3. The summed E-state index contributed by atoms with van der Waals surface area (Å²) in [5.74, 6) is 0.651. The fraction of sp³-hybridized carbons (Fsp3) is 0.389. The van der Waals surface area contributed by atoms with E-state index in [9.17, 15) is 0 Å². The highest BCUT2D eigenvalue weighted by molar-refractivity contribution is 5.80. The number of nitrogen functional groups attached to an aromatic ring is 2. The number of rotatable bonds is 6. The molecule has 9 heteroatoms. The van der Waals surface area contributed by atoms with Gasteiger partial charge in [0.1, 0.15) is 12.3 Å². The molecule has 3 rings (SSSR count). The highest BCUT2D eigenvalue weighted by atomic mass is 16.6. The zero-order valence-corrected chi connectivity index (χ0v) is 15.5. The van der Waals surface area contributed by atoms with Crippen LogP contribution < -0.4 is 27.0 Å². The van der Waals surface area contributed by atoms with E-state index < -0.39 is 0 Å². The summed E-state index contributed by atoms with van der Waals surface area (Å²) >= 11 is 0. The summed E-state index contributed by atoms with van der Waals surface area (Å²) in [5, 5.41) is 3.88. The van der Waals surface area contributed by atoms with Gasteiger partial charge in [-0.05, 0) is 24.6 Å². The Morgan fingerprint density at radius 3 is 2.37 bits per heavy atom.